The fourth-order valence-electron chi connectivity index (χ4n) is 0.977. The van der Waals surface area contributed by atoms with Gasteiger partial charge in [0.1, 0.15) is 0 Å². The Morgan fingerprint density at radius 1 is 1.91 bits per heavy atom. The minimum atomic E-state index is -1.10. The molecule has 1 unspecified atom stereocenters. The largest absolute Gasteiger partial charge is 0.307 e. The number of halogens is 2. The molecule has 0 fully saturated rings. The summed E-state index contributed by atoms with van der Waals surface area (Å²) in [5, 5.41) is 3.29. The first-order valence-electron chi connectivity index (χ1n) is 3.30. The molecule has 1 aliphatic heterocycles. The maximum atomic E-state index is 10.8. The summed E-state index contributed by atoms with van der Waals surface area (Å²) >= 11 is 11.2. The Labute approximate surface area is 74.7 Å². The Balaban J connectivity index is 2.87. The monoisotopic (exact) mass is 194 g/mol. The zero-order chi connectivity index (χ0) is 8.48. The van der Waals surface area contributed by atoms with Gasteiger partial charge in [-0.2, -0.15) is 5.10 Å². The molecule has 5 heteroatoms. The first-order valence-corrected chi connectivity index (χ1v) is 4.05. The number of carbonyl (C=O) groups is 1. The van der Waals surface area contributed by atoms with Crippen LogP contribution < -0.4 is 5.43 Å². The van der Waals surface area contributed by atoms with Gasteiger partial charge in [-0.25, -0.2) is 0 Å². The zero-order valence-corrected chi connectivity index (χ0v) is 7.54. The van der Waals surface area contributed by atoms with Crippen LogP contribution in [-0.2, 0) is 4.79 Å². The lowest BCUT2D eigenvalue weighted by atomic mass is 10.0. The quantitative estimate of drug-likeness (QED) is 0.529. The van der Waals surface area contributed by atoms with Crippen molar-refractivity contribution in [3.05, 3.63) is 0 Å². The molecule has 1 heterocycles. The van der Waals surface area contributed by atoms with Crippen LogP contribution in [0.3, 0.4) is 0 Å². The molecular formula is C6H8Cl2N2O. The third-order valence-corrected chi connectivity index (χ3v) is 2.58. The summed E-state index contributed by atoms with van der Waals surface area (Å²) in [4.78, 5) is 9.75. The van der Waals surface area contributed by atoms with Crippen molar-refractivity contribution in [1.29, 1.82) is 0 Å². The maximum absolute atomic E-state index is 10.8. The molecule has 0 aromatic rings. The summed E-state index contributed by atoms with van der Waals surface area (Å²) in [6, 6.07) is 0. The molecule has 0 spiro atoms. The van der Waals surface area contributed by atoms with E-state index in [0.29, 0.717) is 18.7 Å². The molecule has 3 nitrogen and oxygen atoms in total. The van der Waals surface area contributed by atoms with E-state index in [1.165, 1.54) is 0 Å². The molecule has 62 valence electrons. The van der Waals surface area contributed by atoms with E-state index < -0.39 is 10.1 Å². The van der Waals surface area contributed by atoms with Crippen LogP contribution in [0.25, 0.3) is 0 Å². The topological polar surface area (TPSA) is 41.5 Å². The summed E-state index contributed by atoms with van der Waals surface area (Å²) in [5.74, 6) is 0. The van der Waals surface area contributed by atoms with Gasteiger partial charge in [-0.1, -0.05) is 6.92 Å². The van der Waals surface area contributed by atoms with Crippen molar-refractivity contribution in [3.63, 3.8) is 0 Å². The van der Waals surface area contributed by atoms with Crippen LogP contribution in [0.4, 0.5) is 0 Å². The van der Waals surface area contributed by atoms with Crippen LogP contribution in [-0.4, -0.2) is 22.4 Å². The standard InChI is InChI=1S/C6H8Cl2N2O/c1-2-4-6(8,5(7)11)3-9-10-4/h9H,2-3H2,1H3. The zero-order valence-electron chi connectivity index (χ0n) is 6.03. The highest BCUT2D eigenvalue weighted by Crippen LogP contribution is 2.25. The Morgan fingerprint density at radius 3 is 2.91 bits per heavy atom. The van der Waals surface area contributed by atoms with E-state index in [0.717, 1.165) is 0 Å². The van der Waals surface area contributed by atoms with E-state index in [1.807, 2.05) is 6.92 Å². The summed E-state index contributed by atoms with van der Waals surface area (Å²) in [6.07, 6.45) is 0.634. The molecule has 0 aliphatic carbocycles. The van der Waals surface area contributed by atoms with Gasteiger partial charge >= 0.3 is 0 Å². The summed E-state index contributed by atoms with van der Waals surface area (Å²) in [7, 11) is 0. The van der Waals surface area contributed by atoms with Gasteiger partial charge in [-0.3, -0.25) is 4.79 Å². The van der Waals surface area contributed by atoms with Crippen LogP contribution in [0.5, 0.6) is 0 Å². The maximum Gasteiger partial charge on any atom is 0.250 e. The van der Waals surface area contributed by atoms with E-state index in [9.17, 15) is 4.79 Å². The van der Waals surface area contributed by atoms with E-state index in [-0.39, 0.29) is 0 Å². The highest BCUT2D eigenvalue weighted by molar-refractivity contribution is 6.74. The van der Waals surface area contributed by atoms with Crippen LogP contribution in [0, 0.1) is 0 Å². The van der Waals surface area contributed by atoms with Crippen molar-refractivity contribution in [3.8, 4) is 0 Å². The second-order valence-electron chi connectivity index (χ2n) is 2.32. The smallest absolute Gasteiger partial charge is 0.250 e. The SMILES string of the molecule is CCC1=NNCC1(Cl)C(=O)Cl. The molecular weight excluding hydrogens is 187 g/mol. The number of hydrogen-bond donors (Lipinski definition) is 1. The third kappa shape index (κ3) is 1.35. The first-order chi connectivity index (χ1) is 5.11. The average molecular weight is 195 g/mol. The number of carbonyl (C=O) groups excluding carboxylic acids is 1. The van der Waals surface area contributed by atoms with Gasteiger partial charge < -0.3 is 5.43 Å². The lowest BCUT2D eigenvalue weighted by Crippen LogP contribution is -2.40. The van der Waals surface area contributed by atoms with Gasteiger partial charge in [0.05, 0.1) is 12.3 Å². The molecule has 1 N–H and O–H groups in total. The number of nitrogens with zero attached hydrogens (tertiary/aromatic N) is 1. The molecule has 1 rings (SSSR count). The number of alkyl halides is 1. The molecule has 11 heavy (non-hydrogen) atoms. The van der Waals surface area contributed by atoms with Crippen LogP contribution in [0.1, 0.15) is 13.3 Å². The molecule has 1 aliphatic rings. The fraction of sp³-hybridized carbons (Fsp3) is 0.667. The minimum Gasteiger partial charge on any atom is -0.307 e. The first kappa shape index (κ1) is 8.81. The molecule has 0 aromatic heterocycles. The predicted octanol–water partition coefficient (Wildman–Crippen LogP) is 1.10. The molecule has 1 atom stereocenters. The average Bonchev–Trinajstić information content (AvgIpc) is 2.32. The second-order valence-corrected chi connectivity index (χ2v) is 3.31. The number of nitrogens with one attached hydrogen (secondary N) is 1. The second kappa shape index (κ2) is 2.99. The van der Waals surface area contributed by atoms with E-state index >= 15 is 0 Å². The summed E-state index contributed by atoms with van der Waals surface area (Å²) < 4.78 is 0. The molecule has 0 aromatic carbocycles. The van der Waals surface area contributed by atoms with Gasteiger partial charge in [-0.05, 0) is 18.0 Å². The molecule has 0 bridgehead atoms. The third-order valence-electron chi connectivity index (χ3n) is 1.64. The van der Waals surface area contributed by atoms with Gasteiger partial charge in [0.15, 0.2) is 4.87 Å². The summed E-state index contributed by atoms with van der Waals surface area (Å²) in [6.45, 7) is 2.17. The van der Waals surface area contributed by atoms with Crippen LogP contribution in [0.15, 0.2) is 5.10 Å². The number of hydrogen-bond acceptors (Lipinski definition) is 3. The Bertz CT molecular complexity index is 217. The van der Waals surface area contributed by atoms with Gasteiger partial charge in [0.2, 0.25) is 5.24 Å². The predicted molar refractivity (Wildman–Crippen MR) is 45.2 cm³/mol. The highest BCUT2D eigenvalue weighted by atomic mass is 35.5. The fourth-order valence-corrected chi connectivity index (χ4v) is 1.39. The van der Waals surface area contributed by atoms with Gasteiger partial charge in [0, 0.05) is 0 Å². The summed E-state index contributed by atoms with van der Waals surface area (Å²) in [5.41, 5.74) is 3.26. The van der Waals surface area contributed by atoms with E-state index in [2.05, 4.69) is 10.5 Å². The van der Waals surface area contributed by atoms with E-state index in [1.54, 1.807) is 0 Å². The van der Waals surface area contributed by atoms with Crippen molar-refractivity contribution in [2.24, 2.45) is 5.10 Å². The van der Waals surface area contributed by atoms with Gasteiger partial charge in [-0.15, -0.1) is 11.6 Å². The van der Waals surface area contributed by atoms with Crippen LogP contribution >= 0.6 is 23.2 Å². The lowest BCUT2D eigenvalue weighted by molar-refractivity contribution is -0.112. The number of rotatable bonds is 2. The molecule has 0 amide bonds. The molecule has 0 radical (unpaired) electrons. The van der Waals surface area contributed by atoms with Gasteiger partial charge in [0.25, 0.3) is 0 Å². The molecule has 0 saturated carbocycles. The lowest BCUT2D eigenvalue weighted by Gasteiger charge is -2.15. The Hall–Kier alpha value is -0.280. The minimum absolute atomic E-state index is 0.292. The van der Waals surface area contributed by atoms with Crippen molar-refractivity contribution in [1.82, 2.24) is 5.43 Å². The van der Waals surface area contributed by atoms with Crippen molar-refractivity contribution < 1.29 is 4.79 Å². The van der Waals surface area contributed by atoms with Crippen LogP contribution in [0.2, 0.25) is 0 Å². The van der Waals surface area contributed by atoms with Crippen molar-refractivity contribution in [2.75, 3.05) is 6.54 Å². The number of hydrazone groups is 1. The van der Waals surface area contributed by atoms with Crippen molar-refractivity contribution in [2.45, 2.75) is 18.2 Å². The molecule has 0 saturated heterocycles. The Kier molecular flexibility index (Phi) is 2.40. The van der Waals surface area contributed by atoms with Crippen molar-refractivity contribution >= 4 is 34.2 Å². The normalized spacial score (nSPS) is 29.5. The highest BCUT2D eigenvalue weighted by Gasteiger charge is 2.42. The van der Waals surface area contributed by atoms with E-state index in [4.69, 9.17) is 23.2 Å². The Morgan fingerprint density at radius 2 is 2.55 bits per heavy atom.